The van der Waals surface area contributed by atoms with Gasteiger partial charge in [0.2, 0.25) is 0 Å². The Morgan fingerprint density at radius 1 is 0.714 bits per heavy atom. The topological polar surface area (TPSA) is 55.8 Å². The fourth-order valence-corrected chi connectivity index (χ4v) is 4.79. The Labute approximate surface area is 253 Å². The average molecular weight is 569 g/mol. The van der Waals surface area contributed by atoms with Gasteiger partial charge in [-0.05, 0) is 67.2 Å². The maximum Gasteiger partial charge on any atom is 0.189 e. The summed E-state index contributed by atoms with van der Waals surface area (Å²) in [6.07, 6.45) is 19.5. The molecule has 4 nitrogen and oxygen atoms in total. The average Bonchev–Trinajstić information content (AvgIpc) is 3.01. The summed E-state index contributed by atoms with van der Waals surface area (Å²) in [5.74, 6) is 0.294. The third kappa shape index (κ3) is 13.8. The quantitative estimate of drug-likeness (QED) is 0.0601. The predicted octanol–water partition coefficient (Wildman–Crippen LogP) is 10.2. The molecule has 0 aromatic heterocycles. The molecule has 224 valence electrons. The van der Waals surface area contributed by atoms with Gasteiger partial charge < -0.3 is 14.6 Å². The van der Waals surface area contributed by atoms with Crippen LogP contribution in [0.25, 0.3) is 0 Å². The summed E-state index contributed by atoms with van der Waals surface area (Å²) in [4.78, 5) is 12.8. The molecule has 0 radical (unpaired) electrons. The molecule has 0 atom stereocenters. The van der Waals surface area contributed by atoms with Gasteiger partial charge in [0.25, 0.3) is 0 Å². The molecular formula is C38H48O4. The standard InChI is InChI=1S/C38H48O4/c1-32(28-38(40)36-29-35(25-26-37(36)39)42-31-34-23-17-13-18-24-34)20-14-10-8-6-4-2-3-5-7-9-11-19-27-41-30-33-21-15-12-16-22-33/h12-18,20-26,28-29,39H,2-11,19,27,30-31H2,1H3. The summed E-state index contributed by atoms with van der Waals surface area (Å²) in [5, 5.41) is 10.2. The molecule has 3 aromatic rings. The van der Waals surface area contributed by atoms with Crippen LogP contribution in [0.5, 0.6) is 11.5 Å². The first-order valence-corrected chi connectivity index (χ1v) is 15.6. The van der Waals surface area contributed by atoms with Gasteiger partial charge in [0, 0.05) is 6.61 Å². The van der Waals surface area contributed by atoms with E-state index in [1.165, 1.54) is 69.4 Å². The molecule has 0 unspecified atom stereocenters. The number of allylic oxidation sites excluding steroid dienone is 4. The lowest BCUT2D eigenvalue weighted by atomic mass is 10.0. The molecule has 42 heavy (non-hydrogen) atoms. The molecule has 4 heteroatoms. The van der Waals surface area contributed by atoms with Crippen molar-refractivity contribution in [2.24, 2.45) is 0 Å². The van der Waals surface area contributed by atoms with Crippen molar-refractivity contribution >= 4 is 5.78 Å². The largest absolute Gasteiger partial charge is 0.507 e. The Kier molecular flexibility index (Phi) is 15.9. The van der Waals surface area contributed by atoms with E-state index >= 15 is 0 Å². The molecule has 0 bridgehead atoms. The minimum Gasteiger partial charge on any atom is -0.507 e. The molecule has 0 heterocycles. The molecule has 3 rings (SSSR count). The number of carbonyl (C=O) groups excluding carboxylic acids is 1. The lowest BCUT2D eigenvalue weighted by Gasteiger charge is -2.08. The number of phenolic OH excluding ortho intramolecular Hbond substituents is 1. The van der Waals surface area contributed by atoms with Gasteiger partial charge in [-0.15, -0.1) is 0 Å². The van der Waals surface area contributed by atoms with Crippen LogP contribution in [-0.2, 0) is 18.0 Å². The number of hydrogen-bond acceptors (Lipinski definition) is 4. The molecule has 0 saturated carbocycles. The van der Waals surface area contributed by atoms with Gasteiger partial charge in [0.05, 0.1) is 12.2 Å². The van der Waals surface area contributed by atoms with Gasteiger partial charge in [-0.25, -0.2) is 0 Å². The van der Waals surface area contributed by atoms with Crippen molar-refractivity contribution in [1.29, 1.82) is 0 Å². The Bertz CT molecular complexity index is 1210. The van der Waals surface area contributed by atoms with Gasteiger partial charge >= 0.3 is 0 Å². The third-order valence-electron chi connectivity index (χ3n) is 7.24. The van der Waals surface area contributed by atoms with Crippen molar-refractivity contribution in [3.05, 3.63) is 119 Å². The predicted molar refractivity (Wildman–Crippen MR) is 173 cm³/mol. The summed E-state index contributed by atoms with van der Waals surface area (Å²) in [7, 11) is 0. The highest BCUT2D eigenvalue weighted by Crippen LogP contribution is 2.25. The van der Waals surface area contributed by atoms with Crippen LogP contribution < -0.4 is 4.74 Å². The minimum absolute atomic E-state index is 0.0378. The van der Waals surface area contributed by atoms with E-state index in [0.29, 0.717) is 12.4 Å². The zero-order valence-electron chi connectivity index (χ0n) is 25.3. The first-order valence-electron chi connectivity index (χ1n) is 15.6. The van der Waals surface area contributed by atoms with Crippen LogP contribution in [0.2, 0.25) is 0 Å². The second kappa shape index (κ2) is 20.3. The second-order valence-electron chi connectivity index (χ2n) is 11.0. The Hall–Kier alpha value is -3.63. The second-order valence-corrected chi connectivity index (χ2v) is 11.0. The zero-order chi connectivity index (χ0) is 29.7. The van der Waals surface area contributed by atoms with Gasteiger partial charge in [-0.3, -0.25) is 4.79 Å². The zero-order valence-corrected chi connectivity index (χ0v) is 25.3. The number of rotatable bonds is 21. The highest BCUT2D eigenvalue weighted by molar-refractivity contribution is 6.07. The van der Waals surface area contributed by atoms with Gasteiger partial charge in [-0.2, -0.15) is 0 Å². The maximum atomic E-state index is 12.8. The van der Waals surface area contributed by atoms with Crippen molar-refractivity contribution in [1.82, 2.24) is 0 Å². The fourth-order valence-electron chi connectivity index (χ4n) is 4.79. The molecule has 0 saturated heterocycles. The number of unbranched alkanes of at least 4 members (excludes halogenated alkanes) is 10. The summed E-state index contributed by atoms with van der Waals surface area (Å²) >= 11 is 0. The van der Waals surface area contributed by atoms with Crippen LogP contribution in [0.1, 0.15) is 99.0 Å². The highest BCUT2D eigenvalue weighted by atomic mass is 16.5. The number of carbonyl (C=O) groups is 1. The van der Waals surface area contributed by atoms with Gasteiger partial charge in [0.15, 0.2) is 5.78 Å². The third-order valence-corrected chi connectivity index (χ3v) is 7.24. The minimum atomic E-state index is -0.226. The van der Waals surface area contributed by atoms with E-state index < -0.39 is 0 Å². The smallest absolute Gasteiger partial charge is 0.189 e. The van der Waals surface area contributed by atoms with E-state index in [2.05, 4.69) is 30.3 Å². The van der Waals surface area contributed by atoms with E-state index in [0.717, 1.165) is 37.2 Å². The molecule has 1 N–H and O–H groups in total. The van der Waals surface area contributed by atoms with Crippen LogP contribution in [0.15, 0.2) is 103 Å². The fraction of sp³-hybridized carbons (Fsp3) is 0.395. The lowest BCUT2D eigenvalue weighted by Crippen LogP contribution is -1.99. The van der Waals surface area contributed by atoms with Crippen molar-refractivity contribution < 1.29 is 19.4 Å². The van der Waals surface area contributed by atoms with E-state index in [9.17, 15) is 9.90 Å². The number of hydrogen-bond donors (Lipinski definition) is 1. The normalized spacial score (nSPS) is 11.7. The summed E-state index contributed by atoms with van der Waals surface area (Å²) in [6.45, 7) is 3.90. The van der Waals surface area contributed by atoms with Crippen molar-refractivity contribution in [2.75, 3.05) is 6.61 Å². The molecule has 0 spiro atoms. The Balaban J connectivity index is 1.19. The first kappa shape index (κ1) is 32.9. The van der Waals surface area contributed by atoms with Crippen LogP contribution in [0.4, 0.5) is 0 Å². The molecular weight excluding hydrogens is 520 g/mol. The molecule has 0 aliphatic carbocycles. The molecule has 0 aliphatic heterocycles. The number of benzene rings is 3. The van der Waals surface area contributed by atoms with E-state index in [1.54, 1.807) is 18.2 Å². The number of ether oxygens (including phenoxy) is 2. The van der Waals surface area contributed by atoms with Crippen LogP contribution >= 0.6 is 0 Å². The highest BCUT2D eigenvalue weighted by Gasteiger charge is 2.11. The van der Waals surface area contributed by atoms with Crippen molar-refractivity contribution in [3.8, 4) is 11.5 Å². The number of ketones is 1. The first-order chi connectivity index (χ1) is 20.6. The van der Waals surface area contributed by atoms with Gasteiger partial charge in [0.1, 0.15) is 18.1 Å². The summed E-state index contributed by atoms with van der Waals surface area (Å²) in [6, 6.07) is 25.0. The monoisotopic (exact) mass is 568 g/mol. The number of aromatic hydroxyl groups is 1. The summed E-state index contributed by atoms with van der Waals surface area (Å²) < 4.78 is 11.6. The van der Waals surface area contributed by atoms with E-state index in [-0.39, 0.29) is 17.1 Å². The Morgan fingerprint density at radius 3 is 1.93 bits per heavy atom. The molecule has 0 fully saturated rings. The Morgan fingerprint density at radius 2 is 1.29 bits per heavy atom. The van der Waals surface area contributed by atoms with Crippen LogP contribution in [-0.4, -0.2) is 17.5 Å². The van der Waals surface area contributed by atoms with Crippen molar-refractivity contribution in [3.63, 3.8) is 0 Å². The lowest BCUT2D eigenvalue weighted by molar-refractivity contribution is 0.104. The summed E-state index contributed by atoms with van der Waals surface area (Å²) in [5.41, 5.74) is 3.42. The maximum absolute atomic E-state index is 12.8. The molecule has 0 aliphatic rings. The van der Waals surface area contributed by atoms with Gasteiger partial charge in [-0.1, -0.05) is 124 Å². The van der Waals surface area contributed by atoms with Crippen LogP contribution in [0, 0.1) is 0 Å². The van der Waals surface area contributed by atoms with Crippen LogP contribution in [0.3, 0.4) is 0 Å². The SMILES string of the molecule is CC(C=CCCCCCCCCCCCCOCc1ccccc1)=CC(=O)c1cc(OCc2ccccc2)ccc1O. The van der Waals surface area contributed by atoms with E-state index in [1.807, 2.05) is 49.4 Å². The van der Waals surface area contributed by atoms with Crippen molar-refractivity contribution in [2.45, 2.75) is 90.8 Å². The van der Waals surface area contributed by atoms with E-state index in [4.69, 9.17) is 9.47 Å². The number of phenols is 1. The molecule has 0 amide bonds. The molecule has 3 aromatic carbocycles.